The molecule has 0 unspecified atom stereocenters. The van der Waals surface area contributed by atoms with Crippen LogP contribution in [0.3, 0.4) is 0 Å². The second-order valence-electron chi connectivity index (χ2n) is 14.6. The normalized spacial score (nSPS) is 50.5. The van der Waals surface area contributed by atoms with Gasteiger partial charge in [0.2, 0.25) is 0 Å². The first kappa shape index (κ1) is 25.2. The van der Waals surface area contributed by atoms with Gasteiger partial charge in [0, 0.05) is 5.92 Å². The van der Waals surface area contributed by atoms with Crippen LogP contribution in [-0.4, -0.2) is 30.1 Å². The Morgan fingerprint density at radius 3 is 2.23 bits per heavy atom. The summed E-state index contributed by atoms with van der Waals surface area (Å²) in [5.74, 6) is 0.400. The molecule has 194 valence electrons. The van der Waals surface area contributed by atoms with Crippen LogP contribution in [0.1, 0.15) is 99.8 Å². The topological polar surface area (TPSA) is 63.6 Å². The summed E-state index contributed by atoms with van der Waals surface area (Å²) < 4.78 is 5.20. The van der Waals surface area contributed by atoms with Gasteiger partial charge in [-0.1, -0.05) is 47.6 Å². The molecular weight excluding hydrogens is 436 g/mol. The van der Waals surface area contributed by atoms with Gasteiger partial charge in [0.05, 0.1) is 18.6 Å². The number of ether oxygens (including phenoxy) is 1. The number of esters is 1. The van der Waals surface area contributed by atoms with Crippen molar-refractivity contribution in [2.24, 2.45) is 44.3 Å². The monoisotopic (exact) mass is 482 g/mol. The average molecular weight is 483 g/mol. The van der Waals surface area contributed by atoms with Crippen LogP contribution in [-0.2, 0) is 14.3 Å². The van der Waals surface area contributed by atoms with Crippen molar-refractivity contribution in [2.45, 2.75) is 106 Å². The minimum absolute atomic E-state index is 0.000392. The second-order valence-corrected chi connectivity index (χ2v) is 14.6. The summed E-state index contributed by atoms with van der Waals surface area (Å²) in [7, 11) is 1.47. The fraction of sp³-hybridized carbons (Fsp3) is 0.806. The molecule has 0 spiro atoms. The van der Waals surface area contributed by atoms with Gasteiger partial charge in [-0.05, 0) is 109 Å². The number of aliphatic hydroxyl groups excluding tert-OH is 1. The zero-order chi connectivity index (χ0) is 25.8. The van der Waals surface area contributed by atoms with E-state index in [2.05, 4.69) is 47.6 Å². The third-order valence-electron chi connectivity index (χ3n) is 12.6. The molecule has 8 atom stereocenters. The molecule has 0 aromatic carbocycles. The summed E-state index contributed by atoms with van der Waals surface area (Å²) in [6.45, 7) is 15.9. The standard InChI is InChI=1S/C31H46O4/c1-26(2)22-9-12-31(7)24(29(22,5)11-10-23(26)33)21(32)17-19-20-18-28(4,25(34)35-8)14-13-27(20,3)15-16-30(19,31)6/h17-18,22-24,33H,9-16H2,1-8H3/t22-,23+,24+,27-,28+,29+,30-,31-/m1/s1. The summed E-state index contributed by atoms with van der Waals surface area (Å²) in [4.78, 5) is 27.0. The van der Waals surface area contributed by atoms with Crippen molar-refractivity contribution in [3.05, 3.63) is 23.3 Å². The highest BCUT2D eigenvalue weighted by atomic mass is 16.5. The van der Waals surface area contributed by atoms with E-state index in [0.29, 0.717) is 5.92 Å². The summed E-state index contributed by atoms with van der Waals surface area (Å²) >= 11 is 0. The summed E-state index contributed by atoms with van der Waals surface area (Å²) in [6, 6.07) is 0. The smallest absolute Gasteiger partial charge is 0.315 e. The van der Waals surface area contributed by atoms with Gasteiger partial charge in [-0.15, -0.1) is 0 Å². The van der Waals surface area contributed by atoms with E-state index in [-0.39, 0.29) is 50.8 Å². The lowest BCUT2D eigenvalue weighted by Crippen LogP contribution is -2.65. The molecule has 0 amide bonds. The van der Waals surface area contributed by atoms with Gasteiger partial charge in [-0.2, -0.15) is 0 Å². The van der Waals surface area contributed by atoms with Crippen LogP contribution in [0.25, 0.3) is 0 Å². The van der Waals surface area contributed by atoms with Crippen LogP contribution >= 0.6 is 0 Å². The van der Waals surface area contributed by atoms with Gasteiger partial charge in [0.1, 0.15) is 0 Å². The predicted molar refractivity (Wildman–Crippen MR) is 137 cm³/mol. The minimum Gasteiger partial charge on any atom is -0.468 e. The van der Waals surface area contributed by atoms with E-state index in [1.165, 1.54) is 18.3 Å². The molecule has 4 heteroatoms. The van der Waals surface area contributed by atoms with E-state index in [1.807, 2.05) is 13.0 Å². The quantitative estimate of drug-likeness (QED) is 0.438. The van der Waals surface area contributed by atoms with Gasteiger partial charge < -0.3 is 9.84 Å². The van der Waals surface area contributed by atoms with Crippen LogP contribution < -0.4 is 0 Å². The maximum atomic E-state index is 14.3. The highest BCUT2D eigenvalue weighted by molar-refractivity contribution is 5.96. The van der Waals surface area contributed by atoms with Crippen LogP contribution in [0.15, 0.2) is 23.3 Å². The third kappa shape index (κ3) is 3.01. The number of rotatable bonds is 1. The van der Waals surface area contributed by atoms with Crippen LogP contribution in [0, 0.1) is 44.3 Å². The number of aliphatic hydroxyl groups is 1. The first-order valence-corrected chi connectivity index (χ1v) is 13.9. The number of carbonyl (C=O) groups excluding carboxylic acids is 2. The lowest BCUT2D eigenvalue weighted by Gasteiger charge is -2.69. The number of carbonyl (C=O) groups is 2. The Morgan fingerprint density at radius 1 is 0.914 bits per heavy atom. The van der Waals surface area contributed by atoms with Gasteiger partial charge in [0.15, 0.2) is 5.78 Å². The van der Waals surface area contributed by atoms with Crippen molar-refractivity contribution in [1.82, 2.24) is 0 Å². The SMILES string of the molecule is COC(=O)[C@]1(C)C=C2C3=CC(=O)[C@H]4[C@@]5(C)CC[C@H](O)C(C)(C)[C@H]5CC[C@@]4(C)[C@]3(C)CC[C@@]2(C)CC1. The summed E-state index contributed by atoms with van der Waals surface area (Å²) in [5, 5.41) is 10.9. The van der Waals surface area contributed by atoms with Gasteiger partial charge in [-0.25, -0.2) is 0 Å². The van der Waals surface area contributed by atoms with Crippen molar-refractivity contribution in [3.63, 3.8) is 0 Å². The van der Waals surface area contributed by atoms with Crippen molar-refractivity contribution in [1.29, 1.82) is 0 Å². The van der Waals surface area contributed by atoms with Crippen molar-refractivity contribution >= 4 is 11.8 Å². The minimum atomic E-state index is -0.642. The van der Waals surface area contributed by atoms with Crippen molar-refractivity contribution in [2.75, 3.05) is 7.11 Å². The van der Waals surface area contributed by atoms with Gasteiger partial charge in [0.25, 0.3) is 0 Å². The molecule has 5 aliphatic rings. The second kappa shape index (κ2) is 7.33. The Balaban J connectivity index is 1.67. The fourth-order valence-electron chi connectivity index (χ4n) is 9.98. The molecule has 0 aromatic rings. The molecule has 3 fully saturated rings. The van der Waals surface area contributed by atoms with Gasteiger partial charge in [-0.3, -0.25) is 9.59 Å². The van der Waals surface area contributed by atoms with E-state index < -0.39 is 5.41 Å². The van der Waals surface area contributed by atoms with Crippen LogP contribution in [0.5, 0.6) is 0 Å². The number of allylic oxidation sites excluding steroid dienone is 3. The number of hydrogen-bond donors (Lipinski definition) is 1. The molecule has 35 heavy (non-hydrogen) atoms. The van der Waals surface area contributed by atoms with E-state index in [4.69, 9.17) is 4.74 Å². The highest BCUT2D eigenvalue weighted by Crippen LogP contribution is 2.74. The van der Waals surface area contributed by atoms with Crippen LogP contribution in [0.2, 0.25) is 0 Å². The zero-order valence-corrected chi connectivity index (χ0v) is 23.2. The third-order valence-corrected chi connectivity index (χ3v) is 12.6. The van der Waals surface area contributed by atoms with E-state index in [1.54, 1.807) is 0 Å². The first-order valence-electron chi connectivity index (χ1n) is 13.9. The molecule has 0 aromatic heterocycles. The lowest BCUT2D eigenvalue weighted by molar-refractivity contribution is -0.197. The van der Waals surface area contributed by atoms with E-state index in [0.717, 1.165) is 51.4 Å². The summed E-state index contributed by atoms with van der Waals surface area (Å²) in [6.07, 6.45) is 11.5. The Kier molecular flexibility index (Phi) is 5.29. The molecule has 3 saturated carbocycles. The lowest BCUT2D eigenvalue weighted by atomic mass is 9.34. The molecule has 5 rings (SSSR count). The molecule has 0 bridgehead atoms. The van der Waals surface area contributed by atoms with E-state index >= 15 is 0 Å². The maximum Gasteiger partial charge on any atom is 0.315 e. The molecule has 0 radical (unpaired) electrons. The number of methoxy groups -OCH3 is 1. The number of fused-ring (bicyclic) bond motifs is 7. The molecular formula is C31H46O4. The molecule has 4 nitrogen and oxygen atoms in total. The van der Waals surface area contributed by atoms with Crippen molar-refractivity contribution < 1.29 is 19.4 Å². The van der Waals surface area contributed by atoms with E-state index in [9.17, 15) is 14.7 Å². The summed E-state index contributed by atoms with van der Waals surface area (Å²) in [5.41, 5.74) is 1.24. The zero-order valence-electron chi connectivity index (χ0n) is 23.2. The molecule has 1 N–H and O–H groups in total. The van der Waals surface area contributed by atoms with Crippen LogP contribution in [0.4, 0.5) is 0 Å². The Labute approximate surface area is 212 Å². The average Bonchev–Trinajstić information content (AvgIpc) is 2.78. The fourth-order valence-corrected chi connectivity index (χ4v) is 9.98. The molecule has 0 saturated heterocycles. The Morgan fingerprint density at radius 2 is 1.57 bits per heavy atom. The Bertz CT molecular complexity index is 1040. The number of ketones is 1. The highest BCUT2D eigenvalue weighted by Gasteiger charge is 2.69. The predicted octanol–water partition coefficient (Wildman–Crippen LogP) is 6.42. The maximum absolute atomic E-state index is 14.3. The first-order chi connectivity index (χ1) is 16.1. The molecule has 0 heterocycles. The molecule has 0 aliphatic heterocycles. The number of hydrogen-bond acceptors (Lipinski definition) is 4. The largest absolute Gasteiger partial charge is 0.468 e. The van der Waals surface area contributed by atoms with Crippen molar-refractivity contribution in [3.8, 4) is 0 Å². The molecule has 5 aliphatic carbocycles. The van der Waals surface area contributed by atoms with Gasteiger partial charge >= 0.3 is 5.97 Å². The Hall–Kier alpha value is -1.42.